The summed E-state index contributed by atoms with van der Waals surface area (Å²) in [6.45, 7) is 7.42. The van der Waals surface area contributed by atoms with Gasteiger partial charge in [0.25, 0.3) is 0 Å². The number of aliphatic imine (C=N–C) groups is 1. The number of ether oxygens (including phenoxy) is 1. The first-order chi connectivity index (χ1) is 18.1. The number of hydrogen-bond donors (Lipinski definition) is 0. The van der Waals surface area contributed by atoms with Crippen LogP contribution >= 0.6 is 0 Å². The molecule has 3 aromatic carbocycles. The number of nitrogens with zero attached hydrogens (tertiary/aromatic N) is 3. The predicted octanol–water partition coefficient (Wildman–Crippen LogP) is 8.41. The van der Waals surface area contributed by atoms with Crippen molar-refractivity contribution in [1.29, 1.82) is 0 Å². The quantitative estimate of drug-likeness (QED) is 0.210. The molecule has 0 fully saturated rings. The summed E-state index contributed by atoms with van der Waals surface area (Å²) in [5, 5.41) is 4.76. The standard InChI is InChI=1S/C33H35N3O/c1-4-5-6-13-22-37-32-27(24-36(35-32)28-16-11-8-12-17-28)20-18-25-19-21-30-29(23-25)33(2,3)31(34-30)26-14-9-7-10-15-26/h7-12,14-21,23-24H,4-6,13,22H2,1-3H3/b20-18+. The lowest BCUT2D eigenvalue weighted by Crippen LogP contribution is -2.26. The average molecular weight is 490 g/mol. The molecule has 188 valence electrons. The molecule has 2 heterocycles. The van der Waals surface area contributed by atoms with Gasteiger partial charge < -0.3 is 4.74 Å². The minimum atomic E-state index is -0.161. The van der Waals surface area contributed by atoms with E-state index in [1.54, 1.807) is 0 Å². The van der Waals surface area contributed by atoms with Gasteiger partial charge in [-0.1, -0.05) is 101 Å². The molecule has 0 atom stereocenters. The number of unbranched alkanes of at least 4 members (excludes halogenated alkanes) is 3. The summed E-state index contributed by atoms with van der Waals surface area (Å²) in [5.74, 6) is 0.674. The Morgan fingerprint density at radius 2 is 1.62 bits per heavy atom. The van der Waals surface area contributed by atoms with E-state index >= 15 is 0 Å². The molecule has 1 aromatic heterocycles. The van der Waals surface area contributed by atoms with E-state index in [0.29, 0.717) is 12.5 Å². The smallest absolute Gasteiger partial charge is 0.240 e. The third kappa shape index (κ3) is 5.43. The second kappa shape index (κ2) is 11.0. The van der Waals surface area contributed by atoms with Gasteiger partial charge in [0.2, 0.25) is 5.88 Å². The van der Waals surface area contributed by atoms with E-state index in [-0.39, 0.29) is 5.41 Å². The Morgan fingerprint density at radius 3 is 2.38 bits per heavy atom. The van der Waals surface area contributed by atoms with E-state index < -0.39 is 0 Å². The number of aromatic nitrogens is 2. The monoisotopic (exact) mass is 489 g/mol. The van der Waals surface area contributed by atoms with Crippen LogP contribution < -0.4 is 4.74 Å². The van der Waals surface area contributed by atoms with Crippen LogP contribution in [-0.2, 0) is 5.41 Å². The Labute approximate surface area is 220 Å². The minimum Gasteiger partial charge on any atom is -0.476 e. The summed E-state index contributed by atoms with van der Waals surface area (Å²) in [7, 11) is 0. The van der Waals surface area contributed by atoms with Crippen molar-refractivity contribution in [1.82, 2.24) is 9.78 Å². The molecule has 4 aromatic rings. The molecule has 1 aliphatic rings. The summed E-state index contributed by atoms with van der Waals surface area (Å²) in [6, 6.07) is 27.2. The van der Waals surface area contributed by atoms with Gasteiger partial charge in [0.1, 0.15) is 0 Å². The largest absolute Gasteiger partial charge is 0.476 e. The summed E-state index contributed by atoms with van der Waals surface area (Å²) >= 11 is 0. The Kier molecular flexibility index (Phi) is 7.36. The zero-order chi connectivity index (χ0) is 25.7. The van der Waals surface area contributed by atoms with Gasteiger partial charge in [-0.2, -0.15) is 0 Å². The minimum absolute atomic E-state index is 0.161. The molecule has 0 aliphatic carbocycles. The van der Waals surface area contributed by atoms with Crippen molar-refractivity contribution in [2.45, 2.75) is 51.9 Å². The summed E-state index contributed by atoms with van der Waals surface area (Å²) < 4.78 is 8.04. The van der Waals surface area contributed by atoms with Crippen LogP contribution in [0.5, 0.6) is 5.88 Å². The summed E-state index contributed by atoms with van der Waals surface area (Å²) in [5.41, 5.74) is 7.56. The summed E-state index contributed by atoms with van der Waals surface area (Å²) in [6.07, 6.45) is 11.0. The molecule has 0 radical (unpaired) electrons. The van der Waals surface area contributed by atoms with Gasteiger partial charge in [0, 0.05) is 11.6 Å². The molecule has 0 bridgehead atoms. The molecule has 5 rings (SSSR count). The van der Waals surface area contributed by atoms with E-state index in [1.165, 1.54) is 30.4 Å². The highest BCUT2D eigenvalue weighted by molar-refractivity contribution is 6.12. The first-order valence-electron chi connectivity index (χ1n) is 13.3. The third-order valence-electron chi connectivity index (χ3n) is 6.99. The van der Waals surface area contributed by atoms with Crippen LogP contribution in [0.3, 0.4) is 0 Å². The second-order valence-electron chi connectivity index (χ2n) is 10.1. The lowest BCUT2D eigenvalue weighted by Gasteiger charge is -2.22. The Balaban J connectivity index is 1.39. The fraction of sp³-hybridized carbons (Fsp3) is 0.273. The van der Waals surface area contributed by atoms with Crippen LogP contribution in [-0.4, -0.2) is 22.1 Å². The van der Waals surface area contributed by atoms with E-state index in [2.05, 4.69) is 87.5 Å². The zero-order valence-electron chi connectivity index (χ0n) is 22.0. The maximum absolute atomic E-state index is 6.14. The maximum atomic E-state index is 6.14. The molecule has 4 nitrogen and oxygen atoms in total. The lowest BCUT2D eigenvalue weighted by molar-refractivity contribution is 0.291. The van der Waals surface area contributed by atoms with Crippen molar-refractivity contribution < 1.29 is 4.74 Å². The Bertz CT molecular complexity index is 1400. The van der Waals surface area contributed by atoms with E-state index in [1.807, 2.05) is 35.1 Å². The van der Waals surface area contributed by atoms with Gasteiger partial charge in [-0.3, -0.25) is 4.99 Å². The van der Waals surface area contributed by atoms with E-state index in [4.69, 9.17) is 14.8 Å². The highest BCUT2D eigenvalue weighted by Crippen LogP contribution is 2.42. The molecular formula is C33H35N3O. The Morgan fingerprint density at radius 1 is 0.865 bits per heavy atom. The molecule has 4 heteroatoms. The highest BCUT2D eigenvalue weighted by atomic mass is 16.5. The van der Waals surface area contributed by atoms with E-state index in [9.17, 15) is 0 Å². The second-order valence-corrected chi connectivity index (χ2v) is 10.1. The van der Waals surface area contributed by atoms with Crippen LogP contribution in [0.4, 0.5) is 5.69 Å². The normalized spacial score (nSPS) is 14.1. The predicted molar refractivity (Wildman–Crippen MR) is 154 cm³/mol. The van der Waals surface area contributed by atoms with Crippen molar-refractivity contribution in [2.75, 3.05) is 6.61 Å². The van der Waals surface area contributed by atoms with Crippen LogP contribution in [0.15, 0.2) is 90.1 Å². The number of rotatable bonds is 10. The van der Waals surface area contributed by atoms with Gasteiger partial charge in [-0.15, -0.1) is 5.10 Å². The number of fused-ring (bicyclic) bond motifs is 1. The van der Waals surface area contributed by atoms with Crippen LogP contribution in [0.2, 0.25) is 0 Å². The molecule has 0 unspecified atom stereocenters. The van der Waals surface area contributed by atoms with Gasteiger partial charge in [0.15, 0.2) is 0 Å². The molecule has 0 saturated carbocycles. The van der Waals surface area contributed by atoms with Crippen LogP contribution in [0.1, 0.15) is 68.7 Å². The molecule has 37 heavy (non-hydrogen) atoms. The van der Waals surface area contributed by atoms with Crippen molar-refractivity contribution in [3.05, 3.63) is 107 Å². The van der Waals surface area contributed by atoms with Gasteiger partial charge in [-0.05, 0) is 53.5 Å². The van der Waals surface area contributed by atoms with E-state index in [0.717, 1.165) is 34.6 Å². The van der Waals surface area contributed by atoms with Gasteiger partial charge >= 0.3 is 0 Å². The highest BCUT2D eigenvalue weighted by Gasteiger charge is 2.35. The Hall–Kier alpha value is -3.92. The van der Waals surface area contributed by atoms with Crippen molar-refractivity contribution in [3.63, 3.8) is 0 Å². The first-order valence-corrected chi connectivity index (χ1v) is 13.3. The lowest BCUT2D eigenvalue weighted by atomic mass is 9.78. The van der Waals surface area contributed by atoms with Crippen molar-refractivity contribution in [3.8, 4) is 11.6 Å². The molecule has 0 amide bonds. The van der Waals surface area contributed by atoms with Crippen LogP contribution in [0.25, 0.3) is 17.8 Å². The number of hydrogen-bond acceptors (Lipinski definition) is 3. The van der Waals surface area contributed by atoms with Crippen molar-refractivity contribution in [2.24, 2.45) is 4.99 Å². The maximum Gasteiger partial charge on any atom is 0.240 e. The third-order valence-corrected chi connectivity index (χ3v) is 6.99. The SMILES string of the molecule is CCCCCCOc1nn(-c2ccccc2)cc1/C=C/c1ccc2c(c1)C(C)(C)C(c1ccccc1)=N2. The molecule has 1 aliphatic heterocycles. The fourth-order valence-electron chi connectivity index (χ4n) is 4.86. The topological polar surface area (TPSA) is 39.4 Å². The zero-order valence-corrected chi connectivity index (χ0v) is 22.0. The van der Waals surface area contributed by atoms with Gasteiger partial charge in [0.05, 0.1) is 29.3 Å². The molecule has 0 N–H and O–H groups in total. The van der Waals surface area contributed by atoms with Crippen LogP contribution in [0, 0.1) is 0 Å². The average Bonchev–Trinajstić information content (AvgIpc) is 3.46. The fourth-order valence-corrected chi connectivity index (χ4v) is 4.86. The molecule has 0 spiro atoms. The summed E-state index contributed by atoms with van der Waals surface area (Å²) in [4.78, 5) is 5.00. The molecule has 0 saturated heterocycles. The van der Waals surface area contributed by atoms with Crippen molar-refractivity contribution >= 4 is 23.6 Å². The molecular weight excluding hydrogens is 454 g/mol. The first kappa shape index (κ1) is 24.8. The number of para-hydroxylation sites is 1. The van der Waals surface area contributed by atoms with Gasteiger partial charge in [-0.25, -0.2) is 4.68 Å². The number of benzene rings is 3.